The third kappa shape index (κ3) is 7.66. The highest BCUT2D eigenvalue weighted by molar-refractivity contribution is 7.80. The van der Waals surface area contributed by atoms with Crippen LogP contribution < -0.4 is 26.2 Å². The Labute approximate surface area is 193 Å². The van der Waals surface area contributed by atoms with E-state index < -0.39 is 11.8 Å². The summed E-state index contributed by atoms with van der Waals surface area (Å²) in [6.45, 7) is 8.09. The number of hydrogen-bond acceptors (Lipinski definition) is 5. The number of anilines is 1. The van der Waals surface area contributed by atoms with Gasteiger partial charge < -0.3 is 10.1 Å². The Morgan fingerprint density at radius 1 is 0.906 bits per heavy atom. The standard InChI is InChI=1S/C23H28N4O4S/c1-14(2)13-31-19-8-6-5-7-18(19)22(30)25-23(32)27-26-21(29)16-9-11-17(12-10-16)24-20(28)15(3)4/h5-12,14-15H,13H2,1-4H3,(H,24,28)(H,26,29)(H2,25,27,30,32). The Bertz CT molecular complexity index is 974. The fourth-order valence-electron chi connectivity index (χ4n) is 2.42. The molecule has 8 nitrogen and oxygen atoms in total. The highest BCUT2D eigenvalue weighted by atomic mass is 32.1. The van der Waals surface area contributed by atoms with Crippen molar-refractivity contribution in [3.05, 3.63) is 59.7 Å². The molecule has 0 aliphatic rings. The maximum Gasteiger partial charge on any atom is 0.269 e. The Morgan fingerprint density at radius 2 is 1.56 bits per heavy atom. The van der Waals surface area contributed by atoms with Crippen LogP contribution in [0.3, 0.4) is 0 Å². The van der Waals surface area contributed by atoms with Gasteiger partial charge in [-0.15, -0.1) is 0 Å². The molecule has 4 N–H and O–H groups in total. The van der Waals surface area contributed by atoms with Crippen LogP contribution in [0.1, 0.15) is 48.4 Å². The van der Waals surface area contributed by atoms with Crippen molar-refractivity contribution in [1.29, 1.82) is 0 Å². The lowest BCUT2D eigenvalue weighted by Crippen LogP contribution is -2.48. The van der Waals surface area contributed by atoms with Crippen molar-refractivity contribution in [1.82, 2.24) is 16.2 Å². The number of rotatable bonds is 7. The fourth-order valence-corrected chi connectivity index (χ4v) is 2.56. The van der Waals surface area contributed by atoms with E-state index in [0.29, 0.717) is 35.1 Å². The first-order valence-electron chi connectivity index (χ1n) is 10.2. The molecule has 0 saturated heterocycles. The highest BCUT2D eigenvalue weighted by Gasteiger charge is 2.15. The SMILES string of the molecule is CC(C)COc1ccccc1C(=O)NC(=S)NNC(=O)c1ccc(NC(=O)C(C)C)cc1. The minimum atomic E-state index is -0.457. The van der Waals surface area contributed by atoms with Gasteiger partial charge in [-0.3, -0.25) is 30.6 Å². The van der Waals surface area contributed by atoms with Crippen LogP contribution in [0.2, 0.25) is 0 Å². The topological polar surface area (TPSA) is 109 Å². The summed E-state index contributed by atoms with van der Waals surface area (Å²) in [5.41, 5.74) is 6.20. The summed E-state index contributed by atoms with van der Waals surface area (Å²) in [4.78, 5) is 36.6. The highest BCUT2D eigenvalue weighted by Crippen LogP contribution is 2.18. The van der Waals surface area contributed by atoms with Gasteiger partial charge in [0.2, 0.25) is 5.91 Å². The summed E-state index contributed by atoms with van der Waals surface area (Å²) in [6.07, 6.45) is 0. The van der Waals surface area contributed by atoms with Crippen LogP contribution in [-0.2, 0) is 4.79 Å². The van der Waals surface area contributed by atoms with Crippen LogP contribution in [0, 0.1) is 11.8 Å². The van der Waals surface area contributed by atoms with Crippen LogP contribution in [0.15, 0.2) is 48.5 Å². The van der Waals surface area contributed by atoms with Gasteiger partial charge in [0.25, 0.3) is 11.8 Å². The Balaban J connectivity index is 1.88. The second kappa shape index (κ2) is 11.8. The van der Waals surface area contributed by atoms with E-state index >= 15 is 0 Å². The molecule has 9 heteroatoms. The molecule has 0 fully saturated rings. The summed E-state index contributed by atoms with van der Waals surface area (Å²) >= 11 is 5.09. The van der Waals surface area contributed by atoms with E-state index in [9.17, 15) is 14.4 Å². The molecule has 32 heavy (non-hydrogen) atoms. The van der Waals surface area contributed by atoms with E-state index in [0.717, 1.165) is 0 Å². The van der Waals surface area contributed by atoms with Gasteiger partial charge in [-0.25, -0.2) is 0 Å². The van der Waals surface area contributed by atoms with Crippen LogP contribution in [-0.4, -0.2) is 29.4 Å². The molecule has 0 atom stereocenters. The average molecular weight is 457 g/mol. The number of benzene rings is 2. The summed E-state index contributed by atoms with van der Waals surface area (Å²) in [6, 6.07) is 13.2. The molecule has 170 valence electrons. The van der Waals surface area contributed by atoms with Crippen molar-refractivity contribution in [3.8, 4) is 5.75 Å². The third-order valence-corrected chi connectivity index (χ3v) is 4.36. The van der Waals surface area contributed by atoms with Gasteiger partial charge in [0.1, 0.15) is 5.75 Å². The number of hydrogen-bond donors (Lipinski definition) is 4. The first kappa shape index (κ1) is 24.8. The second-order valence-electron chi connectivity index (χ2n) is 7.78. The first-order chi connectivity index (χ1) is 15.2. The predicted molar refractivity (Wildman–Crippen MR) is 127 cm³/mol. The number of hydrazine groups is 1. The largest absolute Gasteiger partial charge is 0.492 e. The number of carbonyl (C=O) groups excluding carboxylic acids is 3. The molecule has 2 aromatic rings. The van der Waals surface area contributed by atoms with Crippen LogP contribution in [0.5, 0.6) is 5.75 Å². The lowest BCUT2D eigenvalue weighted by Gasteiger charge is -2.14. The van der Waals surface area contributed by atoms with Gasteiger partial charge in [0.05, 0.1) is 12.2 Å². The molecule has 2 aromatic carbocycles. The van der Waals surface area contributed by atoms with Crippen LogP contribution in [0.25, 0.3) is 0 Å². The number of ether oxygens (including phenoxy) is 1. The molecule has 0 aliphatic heterocycles. The monoisotopic (exact) mass is 456 g/mol. The van der Waals surface area contributed by atoms with Crippen molar-refractivity contribution in [3.63, 3.8) is 0 Å². The number of nitrogens with one attached hydrogen (secondary N) is 4. The summed E-state index contributed by atoms with van der Waals surface area (Å²) in [5.74, 6) is -0.404. The summed E-state index contributed by atoms with van der Waals surface area (Å²) in [5, 5.41) is 5.19. The van der Waals surface area contributed by atoms with E-state index in [1.807, 2.05) is 13.8 Å². The van der Waals surface area contributed by atoms with E-state index in [2.05, 4.69) is 21.5 Å². The zero-order valence-corrected chi connectivity index (χ0v) is 19.3. The van der Waals surface area contributed by atoms with Gasteiger partial charge >= 0.3 is 0 Å². The lowest BCUT2D eigenvalue weighted by molar-refractivity contribution is -0.118. The molecule has 0 aliphatic carbocycles. The van der Waals surface area contributed by atoms with E-state index in [4.69, 9.17) is 17.0 Å². The number of amides is 3. The molecule has 0 aromatic heterocycles. The van der Waals surface area contributed by atoms with Crippen LogP contribution in [0.4, 0.5) is 5.69 Å². The molecule has 0 radical (unpaired) electrons. The van der Waals surface area contributed by atoms with Crippen molar-refractivity contribution in [2.75, 3.05) is 11.9 Å². The maximum atomic E-state index is 12.5. The summed E-state index contributed by atoms with van der Waals surface area (Å²) < 4.78 is 5.68. The van der Waals surface area contributed by atoms with Crippen LogP contribution >= 0.6 is 12.2 Å². The summed E-state index contributed by atoms with van der Waals surface area (Å²) in [7, 11) is 0. The zero-order valence-electron chi connectivity index (χ0n) is 18.5. The van der Waals surface area contributed by atoms with Crippen molar-refractivity contribution < 1.29 is 19.1 Å². The minimum absolute atomic E-state index is 0.0668. The average Bonchev–Trinajstić information content (AvgIpc) is 2.76. The fraction of sp³-hybridized carbons (Fsp3) is 0.304. The van der Waals surface area contributed by atoms with E-state index in [1.165, 1.54) is 0 Å². The van der Waals surface area contributed by atoms with Gasteiger partial charge in [0, 0.05) is 17.2 Å². The second-order valence-corrected chi connectivity index (χ2v) is 8.19. The first-order valence-corrected chi connectivity index (χ1v) is 10.6. The molecule has 0 unspecified atom stereocenters. The Hall–Kier alpha value is -3.46. The van der Waals surface area contributed by atoms with Gasteiger partial charge in [-0.1, -0.05) is 39.8 Å². The van der Waals surface area contributed by atoms with Gasteiger partial charge in [-0.05, 0) is 54.5 Å². The quantitative estimate of drug-likeness (QED) is 0.376. The number of thiocarbonyl (C=S) groups is 1. The van der Waals surface area contributed by atoms with E-state index in [1.54, 1.807) is 62.4 Å². The number of carbonyl (C=O) groups is 3. The molecule has 0 saturated carbocycles. The molecule has 0 heterocycles. The predicted octanol–water partition coefficient (Wildman–Crippen LogP) is 3.27. The van der Waals surface area contributed by atoms with Gasteiger partial charge in [0.15, 0.2) is 5.11 Å². The lowest BCUT2D eigenvalue weighted by atomic mass is 10.1. The normalized spacial score (nSPS) is 10.4. The molecule has 3 amide bonds. The zero-order chi connectivity index (χ0) is 23.7. The molecule has 2 rings (SSSR count). The van der Waals surface area contributed by atoms with Crippen molar-refractivity contribution >= 4 is 40.7 Å². The smallest absolute Gasteiger partial charge is 0.269 e. The Morgan fingerprint density at radius 3 is 2.19 bits per heavy atom. The number of para-hydroxylation sites is 1. The molecular formula is C23H28N4O4S. The molecule has 0 bridgehead atoms. The van der Waals surface area contributed by atoms with Crippen molar-refractivity contribution in [2.24, 2.45) is 11.8 Å². The third-order valence-electron chi connectivity index (χ3n) is 4.16. The maximum absolute atomic E-state index is 12.5. The minimum Gasteiger partial charge on any atom is -0.492 e. The van der Waals surface area contributed by atoms with Gasteiger partial charge in [-0.2, -0.15) is 0 Å². The van der Waals surface area contributed by atoms with Crippen molar-refractivity contribution in [2.45, 2.75) is 27.7 Å². The Kier molecular flexibility index (Phi) is 9.15. The molecular weight excluding hydrogens is 428 g/mol. The van der Waals surface area contributed by atoms with E-state index in [-0.39, 0.29) is 16.9 Å². The molecule has 0 spiro atoms.